The van der Waals surface area contributed by atoms with Crippen LogP contribution < -0.4 is 5.32 Å². The summed E-state index contributed by atoms with van der Waals surface area (Å²) < 4.78 is 46.8. The van der Waals surface area contributed by atoms with Gasteiger partial charge in [0.15, 0.2) is 5.82 Å². The van der Waals surface area contributed by atoms with E-state index in [0.717, 1.165) is 23.6 Å². The lowest BCUT2D eigenvalue weighted by molar-refractivity contribution is 0.0692. The van der Waals surface area contributed by atoms with Crippen molar-refractivity contribution >= 4 is 22.5 Å². The number of hydrogen-bond donors (Lipinski definition) is 1. The molecule has 0 radical (unpaired) electrons. The quantitative estimate of drug-likeness (QED) is 0.412. The van der Waals surface area contributed by atoms with E-state index in [1.54, 1.807) is 11.8 Å². The number of piperidine rings is 1. The number of rotatable bonds is 4. The van der Waals surface area contributed by atoms with Crippen molar-refractivity contribution in [3.8, 4) is 17.1 Å². The largest absolute Gasteiger partial charge is 0.336 e. The molecule has 1 amide bonds. The maximum absolute atomic E-state index is 15.0. The van der Waals surface area contributed by atoms with Gasteiger partial charge >= 0.3 is 0 Å². The molecule has 11 heteroatoms. The van der Waals surface area contributed by atoms with Gasteiger partial charge in [0.2, 0.25) is 11.6 Å². The van der Waals surface area contributed by atoms with Crippen molar-refractivity contribution in [3.63, 3.8) is 0 Å². The molecule has 0 aliphatic carbocycles. The second kappa shape index (κ2) is 9.37. The predicted molar refractivity (Wildman–Crippen MR) is 132 cm³/mol. The third kappa shape index (κ3) is 4.13. The molecule has 1 atom stereocenters. The fourth-order valence-electron chi connectivity index (χ4n) is 4.84. The Labute approximate surface area is 211 Å². The molecule has 0 spiro atoms. The summed E-state index contributed by atoms with van der Waals surface area (Å²) in [4.78, 5) is 23.0. The van der Waals surface area contributed by atoms with Crippen molar-refractivity contribution in [3.05, 3.63) is 70.7 Å². The number of nitrogens with one attached hydrogen (secondary N) is 1. The van der Waals surface area contributed by atoms with Gasteiger partial charge < -0.3 is 10.2 Å². The van der Waals surface area contributed by atoms with E-state index in [1.807, 2.05) is 7.05 Å². The monoisotopic (exact) mass is 507 g/mol. The Morgan fingerprint density at radius 1 is 1.19 bits per heavy atom. The molecular weight excluding hydrogens is 483 g/mol. The highest BCUT2D eigenvalue weighted by atomic mass is 19.1. The fourth-order valence-corrected chi connectivity index (χ4v) is 4.84. The zero-order valence-electron chi connectivity index (χ0n) is 20.5. The molecule has 4 aromatic rings. The van der Waals surface area contributed by atoms with E-state index in [4.69, 9.17) is 6.57 Å². The standard InChI is InChI=1S/C26H24F3N7O/c1-14-22(26(37)35-9-5-6-16(13-35)30-2)32-25(15-7-8-21(31-3)19(27)10-15)36(14)17-11-18-23(20(28)12-17)33-34(4)24(18)29/h7-8,10-12,16,30H,5-6,9,13H2,1-2,4H3/t16-/m0/s1. The van der Waals surface area contributed by atoms with Gasteiger partial charge in [-0.2, -0.15) is 9.49 Å². The molecule has 1 aliphatic rings. The molecule has 1 N–H and O–H groups in total. The van der Waals surface area contributed by atoms with Gasteiger partial charge in [-0.3, -0.25) is 9.36 Å². The number of carbonyl (C=O) groups excluding carboxylic acids is 1. The number of fused-ring (bicyclic) bond motifs is 1. The Kier molecular flexibility index (Phi) is 6.21. The van der Waals surface area contributed by atoms with Crippen LogP contribution in [0.25, 0.3) is 32.8 Å². The first-order valence-corrected chi connectivity index (χ1v) is 11.8. The van der Waals surface area contributed by atoms with Crippen molar-refractivity contribution in [2.24, 2.45) is 7.05 Å². The number of carbonyl (C=O) groups is 1. The second-order valence-corrected chi connectivity index (χ2v) is 9.10. The molecule has 190 valence electrons. The minimum atomic E-state index is -0.750. The topological polar surface area (TPSA) is 72.3 Å². The molecule has 2 aromatic heterocycles. The normalized spacial score (nSPS) is 15.8. The van der Waals surface area contributed by atoms with Gasteiger partial charge in [0.1, 0.15) is 22.9 Å². The summed E-state index contributed by atoms with van der Waals surface area (Å²) in [5.74, 6) is -2.35. The third-order valence-corrected chi connectivity index (χ3v) is 6.82. The van der Waals surface area contributed by atoms with E-state index in [9.17, 15) is 13.6 Å². The van der Waals surface area contributed by atoms with Crippen molar-refractivity contribution in [1.29, 1.82) is 0 Å². The minimum absolute atomic E-state index is 0.0353. The van der Waals surface area contributed by atoms with Crippen LogP contribution in [0, 0.1) is 31.1 Å². The third-order valence-electron chi connectivity index (χ3n) is 6.82. The van der Waals surface area contributed by atoms with Crippen molar-refractivity contribution in [2.75, 3.05) is 20.1 Å². The van der Waals surface area contributed by atoms with Crippen LogP contribution in [-0.2, 0) is 7.05 Å². The van der Waals surface area contributed by atoms with Gasteiger partial charge in [-0.05, 0) is 38.9 Å². The van der Waals surface area contributed by atoms with E-state index in [0.29, 0.717) is 18.8 Å². The number of likely N-dealkylation sites (N-methyl/N-ethyl adjacent to an activating group) is 1. The molecule has 5 rings (SSSR count). The van der Waals surface area contributed by atoms with Crippen molar-refractivity contribution in [1.82, 2.24) is 29.5 Å². The van der Waals surface area contributed by atoms with E-state index in [1.165, 1.54) is 35.9 Å². The van der Waals surface area contributed by atoms with Crippen molar-refractivity contribution in [2.45, 2.75) is 25.8 Å². The summed E-state index contributed by atoms with van der Waals surface area (Å²) in [6.07, 6.45) is 1.77. The summed E-state index contributed by atoms with van der Waals surface area (Å²) in [7, 11) is 3.22. The number of nitrogens with zero attached hydrogens (tertiary/aromatic N) is 6. The summed E-state index contributed by atoms with van der Waals surface area (Å²) in [5.41, 5.74) is 0.727. The smallest absolute Gasteiger partial charge is 0.274 e. The Morgan fingerprint density at radius 3 is 2.68 bits per heavy atom. The highest BCUT2D eigenvalue weighted by molar-refractivity contribution is 5.95. The summed E-state index contributed by atoms with van der Waals surface area (Å²) in [6, 6.07) is 6.75. The number of hydrogen-bond acceptors (Lipinski definition) is 4. The SMILES string of the molecule is [C-]#[N+]c1ccc(-c2nc(C(=O)N3CCC[C@H](NC)C3)c(C)n2-c2cc(F)c3nn(C)c(F)c3c2)cc1F. The van der Waals surface area contributed by atoms with Crippen molar-refractivity contribution < 1.29 is 18.0 Å². The van der Waals surface area contributed by atoms with Gasteiger partial charge in [-0.1, -0.05) is 12.1 Å². The van der Waals surface area contributed by atoms with Gasteiger partial charge in [0, 0.05) is 37.8 Å². The second-order valence-electron chi connectivity index (χ2n) is 9.10. The molecule has 1 saturated heterocycles. The number of halogens is 3. The average molecular weight is 508 g/mol. The molecule has 0 bridgehead atoms. The molecule has 3 heterocycles. The van der Waals surface area contributed by atoms with Crippen LogP contribution in [-0.4, -0.2) is 56.3 Å². The fraction of sp³-hybridized carbons (Fsp3) is 0.308. The van der Waals surface area contributed by atoms with Gasteiger partial charge in [-0.15, -0.1) is 0 Å². The number of imidazole rings is 1. The Bertz CT molecular complexity index is 1580. The maximum Gasteiger partial charge on any atom is 0.274 e. The molecule has 8 nitrogen and oxygen atoms in total. The number of aromatic nitrogens is 4. The average Bonchev–Trinajstić information content (AvgIpc) is 3.39. The lowest BCUT2D eigenvalue weighted by atomic mass is 10.1. The number of aryl methyl sites for hydroxylation is 1. The Hall–Kier alpha value is -4.17. The summed E-state index contributed by atoms with van der Waals surface area (Å²) in [5, 5.41) is 7.05. The van der Waals surface area contributed by atoms with Crippen LogP contribution in [0.4, 0.5) is 18.9 Å². The molecule has 0 saturated carbocycles. The summed E-state index contributed by atoms with van der Waals surface area (Å²) in [6.45, 7) is 9.85. The molecule has 37 heavy (non-hydrogen) atoms. The first-order valence-electron chi connectivity index (χ1n) is 11.8. The zero-order valence-corrected chi connectivity index (χ0v) is 20.5. The minimum Gasteiger partial charge on any atom is -0.336 e. The number of amides is 1. The zero-order chi connectivity index (χ0) is 26.4. The molecule has 0 unspecified atom stereocenters. The molecule has 1 aliphatic heterocycles. The first kappa shape index (κ1) is 24.5. The Balaban J connectivity index is 1.71. The number of benzene rings is 2. The van der Waals surface area contributed by atoms with E-state index >= 15 is 4.39 Å². The van der Waals surface area contributed by atoms with Crippen LogP contribution >= 0.6 is 0 Å². The maximum atomic E-state index is 15.0. The van der Waals surface area contributed by atoms with E-state index in [-0.39, 0.29) is 51.3 Å². The highest BCUT2D eigenvalue weighted by Gasteiger charge is 2.29. The van der Waals surface area contributed by atoms with E-state index in [2.05, 4.69) is 20.2 Å². The van der Waals surface area contributed by atoms with Gasteiger partial charge in [0.05, 0.1) is 23.3 Å². The molecular formula is C26H24F3N7O. The summed E-state index contributed by atoms with van der Waals surface area (Å²) >= 11 is 0. The molecule has 2 aromatic carbocycles. The Morgan fingerprint density at radius 2 is 1.97 bits per heavy atom. The molecule has 1 fully saturated rings. The van der Waals surface area contributed by atoms with E-state index < -0.39 is 17.6 Å². The van der Waals surface area contributed by atoms with Gasteiger partial charge in [0.25, 0.3) is 5.91 Å². The van der Waals surface area contributed by atoms with Crippen LogP contribution in [0.5, 0.6) is 0 Å². The number of likely N-dealkylation sites (tertiary alicyclic amines) is 1. The lowest BCUT2D eigenvalue weighted by Crippen LogP contribution is -2.47. The predicted octanol–water partition coefficient (Wildman–Crippen LogP) is 4.53. The van der Waals surface area contributed by atoms with Crippen LogP contribution in [0.15, 0.2) is 30.3 Å². The van der Waals surface area contributed by atoms with Crippen LogP contribution in [0.1, 0.15) is 29.0 Å². The highest BCUT2D eigenvalue weighted by Crippen LogP contribution is 2.32. The first-order chi connectivity index (χ1) is 17.7. The van der Waals surface area contributed by atoms with Crippen LogP contribution in [0.3, 0.4) is 0 Å². The van der Waals surface area contributed by atoms with Crippen LogP contribution in [0.2, 0.25) is 0 Å². The lowest BCUT2D eigenvalue weighted by Gasteiger charge is -2.32. The van der Waals surface area contributed by atoms with Gasteiger partial charge in [-0.25, -0.2) is 23.3 Å².